The van der Waals surface area contributed by atoms with Gasteiger partial charge in [-0.25, -0.2) is 0 Å². The van der Waals surface area contributed by atoms with E-state index in [1.165, 1.54) is 5.56 Å². The van der Waals surface area contributed by atoms with Gasteiger partial charge in [-0.2, -0.15) is 0 Å². The molecule has 1 aliphatic heterocycles. The Morgan fingerprint density at radius 3 is 2.56 bits per heavy atom. The van der Waals surface area contributed by atoms with Crippen molar-refractivity contribution >= 4 is 11.9 Å². The van der Waals surface area contributed by atoms with Gasteiger partial charge in [0.25, 0.3) is 0 Å². The zero-order valence-corrected chi connectivity index (χ0v) is 15.6. The monoisotopic (exact) mass is 367 g/mol. The van der Waals surface area contributed by atoms with E-state index in [4.69, 9.17) is 9.84 Å². The van der Waals surface area contributed by atoms with Gasteiger partial charge in [0.1, 0.15) is 12.4 Å². The molecule has 5 nitrogen and oxygen atoms in total. The molecule has 0 aliphatic carbocycles. The minimum atomic E-state index is -0.763. The molecule has 3 rings (SSSR count). The number of rotatable bonds is 6. The van der Waals surface area contributed by atoms with Crippen molar-refractivity contribution in [3.8, 4) is 5.75 Å². The van der Waals surface area contributed by atoms with Gasteiger partial charge in [0, 0.05) is 13.1 Å². The van der Waals surface area contributed by atoms with Crippen molar-refractivity contribution < 1.29 is 19.4 Å². The number of carboxylic acids is 1. The molecular weight excluding hydrogens is 342 g/mol. The number of aliphatic carboxylic acids is 1. The number of ether oxygens (including phenoxy) is 1. The van der Waals surface area contributed by atoms with Crippen molar-refractivity contribution in [2.75, 3.05) is 13.1 Å². The van der Waals surface area contributed by atoms with Crippen LogP contribution >= 0.6 is 0 Å². The van der Waals surface area contributed by atoms with Gasteiger partial charge in [0.2, 0.25) is 5.91 Å². The van der Waals surface area contributed by atoms with E-state index in [9.17, 15) is 9.59 Å². The maximum atomic E-state index is 12.5. The van der Waals surface area contributed by atoms with Gasteiger partial charge >= 0.3 is 5.97 Å². The molecule has 0 spiro atoms. The summed E-state index contributed by atoms with van der Waals surface area (Å²) in [7, 11) is 0. The predicted octanol–water partition coefficient (Wildman–Crippen LogP) is 3.44. The van der Waals surface area contributed by atoms with Crippen LogP contribution < -0.4 is 4.74 Å². The van der Waals surface area contributed by atoms with E-state index in [1.807, 2.05) is 42.5 Å². The number of amides is 1. The molecule has 1 heterocycles. The van der Waals surface area contributed by atoms with Crippen LogP contribution in [0, 0.1) is 12.8 Å². The first-order valence-electron chi connectivity index (χ1n) is 9.30. The summed E-state index contributed by atoms with van der Waals surface area (Å²) in [6.45, 7) is 3.58. The zero-order valence-electron chi connectivity index (χ0n) is 15.6. The Balaban J connectivity index is 1.55. The summed E-state index contributed by atoms with van der Waals surface area (Å²) in [4.78, 5) is 25.3. The highest BCUT2D eigenvalue weighted by molar-refractivity contribution is 5.79. The van der Waals surface area contributed by atoms with E-state index in [2.05, 4.69) is 13.0 Å². The number of benzene rings is 2. The van der Waals surface area contributed by atoms with Crippen LogP contribution in [0.4, 0.5) is 0 Å². The molecule has 0 unspecified atom stereocenters. The van der Waals surface area contributed by atoms with Crippen LogP contribution in [0.5, 0.6) is 5.75 Å². The zero-order chi connectivity index (χ0) is 19.2. The molecule has 142 valence electrons. The molecular formula is C22H25NO4. The lowest BCUT2D eigenvalue weighted by Crippen LogP contribution is -2.40. The van der Waals surface area contributed by atoms with E-state index >= 15 is 0 Å². The highest BCUT2D eigenvalue weighted by atomic mass is 16.5. The van der Waals surface area contributed by atoms with Crippen LogP contribution in [-0.2, 0) is 22.6 Å². The van der Waals surface area contributed by atoms with Crippen LogP contribution in [0.25, 0.3) is 0 Å². The maximum absolute atomic E-state index is 12.5. The summed E-state index contributed by atoms with van der Waals surface area (Å²) >= 11 is 0. The molecule has 0 atom stereocenters. The van der Waals surface area contributed by atoms with E-state index in [0.29, 0.717) is 39.0 Å². The Bertz CT molecular complexity index is 809. The third-order valence-electron chi connectivity index (χ3n) is 5.11. The average molecular weight is 367 g/mol. The molecule has 2 aromatic rings. The largest absolute Gasteiger partial charge is 0.489 e. The standard InChI is InChI=1S/C22H25NO4/c1-16-5-2-3-7-19(16)15-27-20-8-4-6-17(13-20)14-21(24)23-11-9-18(10-12-23)22(25)26/h2-8,13,18H,9-12,14-15H2,1H3,(H,25,26). The number of carbonyl (C=O) groups excluding carboxylic acids is 1. The lowest BCUT2D eigenvalue weighted by molar-refractivity contribution is -0.145. The van der Waals surface area contributed by atoms with Gasteiger partial charge in [-0.05, 0) is 48.6 Å². The molecule has 0 aromatic heterocycles. The van der Waals surface area contributed by atoms with Gasteiger partial charge in [-0.1, -0.05) is 36.4 Å². The lowest BCUT2D eigenvalue weighted by atomic mass is 9.96. The summed E-state index contributed by atoms with van der Waals surface area (Å²) in [5, 5.41) is 9.06. The molecule has 0 bridgehead atoms. The van der Waals surface area contributed by atoms with Crippen molar-refractivity contribution in [3.05, 3.63) is 65.2 Å². The minimum Gasteiger partial charge on any atom is -0.489 e. The number of hydrogen-bond donors (Lipinski definition) is 1. The maximum Gasteiger partial charge on any atom is 0.306 e. The first-order chi connectivity index (χ1) is 13.0. The second-order valence-electron chi connectivity index (χ2n) is 7.03. The molecule has 1 amide bonds. The first kappa shape index (κ1) is 19.0. The summed E-state index contributed by atoms with van der Waals surface area (Å²) in [6, 6.07) is 15.7. The van der Waals surface area contributed by atoms with Gasteiger partial charge in [0.15, 0.2) is 0 Å². The normalized spacial score (nSPS) is 14.8. The van der Waals surface area contributed by atoms with Crippen LogP contribution in [0.1, 0.15) is 29.5 Å². The number of aryl methyl sites for hydroxylation is 1. The van der Waals surface area contributed by atoms with E-state index < -0.39 is 5.97 Å². The molecule has 1 saturated heterocycles. The van der Waals surface area contributed by atoms with E-state index in [1.54, 1.807) is 4.90 Å². The fraction of sp³-hybridized carbons (Fsp3) is 0.364. The van der Waals surface area contributed by atoms with Gasteiger partial charge < -0.3 is 14.7 Å². The fourth-order valence-corrected chi connectivity index (χ4v) is 3.34. The molecule has 2 aromatic carbocycles. The predicted molar refractivity (Wildman–Crippen MR) is 103 cm³/mol. The Labute approximate surface area is 159 Å². The molecule has 5 heteroatoms. The van der Waals surface area contributed by atoms with E-state index in [0.717, 1.165) is 16.9 Å². The molecule has 27 heavy (non-hydrogen) atoms. The highest BCUT2D eigenvalue weighted by Crippen LogP contribution is 2.20. The summed E-state index contributed by atoms with van der Waals surface area (Å²) in [6.07, 6.45) is 1.36. The number of hydrogen-bond acceptors (Lipinski definition) is 3. The highest BCUT2D eigenvalue weighted by Gasteiger charge is 2.26. The number of likely N-dealkylation sites (tertiary alicyclic amines) is 1. The van der Waals surface area contributed by atoms with Gasteiger partial charge in [-0.15, -0.1) is 0 Å². The Hall–Kier alpha value is -2.82. The second kappa shape index (κ2) is 8.71. The van der Waals surface area contributed by atoms with Crippen LogP contribution in [0.15, 0.2) is 48.5 Å². The summed E-state index contributed by atoms with van der Waals surface area (Å²) in [5.41, 5.74) is 3.23. The van der Waals surface area contributed by atoms with Crippen molar-refractivity contribution in [1.29, 1.82) is 0 Å². The average Bonchev–Trinajstić information content (AvgIpc) is 2.68. The third kappa shape index (κ3) is 5.09. The summed E-state index contributed by atoms with van der Waals surface area (Å²) < 4.78 is 5.89. The molecule has 0 saturated carbocycles. The number of nitrogens with zero attached hydrogens (tertiary/aromatic N) is 1. The van der Waals surface area contributed by atoms with Crippen LogP contribution in [0.2, 0.25) is 0 Å². The second-order valence-corrected chi connectivity index (χ2v) is 7.03. The lowest BCUT2D eigenvalue weighted by Gasteiger charge is -2.30. The summed E-state index contributed by atoms with van der Waals surface area (Å²) in [5.74, 6) is -0.309. The molecule has 1 fully saturated rings. The Morgan fingerprint density at radius 1 is 1.11 bits per heavy atom. The Morgan fingerprint density at radius 2 is 1.85 bits per heavy atom. The van der Waals surface area contributed by atoms with Gasteiger partial charge in [-0.3, -0.25) is 9.59 Å². The molecule has 1 N–H and O–H groups in total. The van der Waals surface area contributed by atoms with Crippen molar-refractivity contribution in [1.82, 2.24) is 4.90 Å². The van der Waals surface area contributed by atoms with Crippen LogP contribution in [0.3, 0.4) is 0 Å². The van der Waals surface area contributed by atoms with Crippen molar-refractivity contribution in [2.45, 2.75) is 32.8 Å². The minimum absolute atomic E-state index is 0.0369. The van der Waals surface area contributed by atoms with Crippen LogP contribution in [-0.4, -0.2) is 35.0 Å². The fourth-order valence-electron chi connectivity index (χ4n) is 3.34. The quantitative estimate of drug-likeness (QED) is 0.849. The number of carboxylic acid groups (broad SMARTS) is 1. The smallest absolute Gasteiger partial charge is 0.306 e. The van der Waals surface area contributed by atoms with Gasteiger partial charge in [0.05, 0.1) is 12.3 Å². The SMILES string of the molecule is Cc1ccccc1COc1cccc(CC(=O)N2CCC(C(=O)O)CC2)c1. The third-order valence-corrected chi connectivity index (χ3v) is 5.11. The van der Waals surface area contributed by atoms with E-state index in [-0.39, 0.29) is 11.8 Å². The first-order valence-corrected chi connectivity index (χ1v) is 9.30. The Kier molecular flexibility index (Phi) is 6.12. The number of carbonyl (C=O) groups is 2. The van der Waals surface area contributed by atoms with Crippen molar-refractivity contribution in [3.63, 3.8) is 0 Å². The van der Waals surface area contributed by atoms with Crippen molar-refractivity contribution in [2.24, 2.45) is 5.92 Å². The molecule has 0 radical (unpaired) electrons. The number of piperidine rings is 1. The molecule has 1 aliphatic rings. The topological polar surface area (TPSA) is 66.8 Å².